The second-order valence-corrected chi connectivity index (χ2v) is 23.4. The molecule has 10 heteroatoms. The third kappa shape index (κ3) is 11.4. The largest absolute Gasteiger partial charge is 0.507 e. The first-order valence-corrected chi connectivity index (χ1v) is 29.0. The maximum absolute atomic E-state index is 10.8. The first-order chi connectivity index (χ1) is 38.2. The van der Waals surface area contributed by atoms with Crippen LogP contribution >= 0.6 is 0 Å². The van der Waals surface area contributed by atoms with Crippen LogP contribution in [0.25, 0.3) is 21.5 Å². The van der Waals surface area contributed by atoms with Crippen molar-refractivity contribution in [2.75, 3.05) is 19.0 Å². The highest BCUT2D eigenvalue weighted by molar-refractivity contribution is 6.07. The molecule has 3 N–H and O–H groups in total. The van der Waals surface area contributed by atoms with E-state index in [0.29, 0.717) is 49.8 Å². The lowest BCUT2D eigenvalue weighted by Crippen LogP contribution is -2.38. The molecule has 5 aliphatic rings. The fourth-order valence-corrected chi connectivity index (χ4v) is 13.3. The van der Waals surface area contributed by atoms with Gasteiger partial charge in [0.2, 0.25) is 5.69 Å². The summed E-state index contributed by atoms with van der Waals surface area (Å²) in [6.45, 7) is 10.6. The van der Waals surface area contributed by atoms with Gasteiger partial charge in [-0.1, -0.05) is 104 Å². The van der Waals surface area contributed by atoms with E-state index in [0.717, 1.165) is 54.6 Å². The molecule has 412 valence electrons. The summed E-state index contributed by atoms with van der Waals surface area (Å²) in [7, 11) is 4.37. The summed E-state index contributed by atoms with van der Waals surface area (Å²) in [5.41, 5.74) is 11.0. The maximum atomic E-state index is 10.8. The quantitative estimate of drug-likeness (QED) is 0.0816. The lowest BCUT2D eigenvalue weighted by Gasteiger charge is -2.39. The molecule has 2 fully saturated rings. The topological polar surface area (TPSA) is 113 Å². The Morgan fingerprint density at radius 3 is 2.05 bits per heavy atom. The molecular weight excluding hydrogens is 985 g/mol. The number of aromatic hydroxyl groups is 1. The van der Waals surface area contributed by atoms with Crippen LogP contribution in [0.1, 0.15) is 146 Å². The molecule has 4 aliphatic heterocycles. The summed E-state index contributed by atoms with van der Waals surface area (Å²) >= 11 is 0. The van der Waals surface area contributed by atoms with Gasteiger partial charge in [0.25, 0.3) is 0 Å². The molecule has 6 aromatic carbocycles. The number of fused-ring (bicyclic) bond motifs is 6. The van der Waals surface area contributed by atoms with Gasteiger partial charge < -0.3 is 43.9 Å². The van der Waals surface area contributed by atoms with E-state index in [1.807, 2.05) is 50.2 Å². The van der Waals surface area contributed by atoms with Crippen LogP contribution in [0.5, 0.6) is 11.5 Å². The third-order valence-electron chi connectivity index (χ3n) is 17.3. The number of rotatable bonds is 16. The molecule has 11 rings (SSSR count). The van der Waals surface area contributed by atoms with E-state index >= 15 is 0 Å². The number of hydrogen-bond donors (Lipinski definition) is 3. The van der Waals surface area contributed by atoms with Crippen LogP contribution in [0, 0.1) is 0 Å². The normalized spacial score (nSPS) is 25.9. The van der Waals surface area contributed by atoms with Crippen LogP contribution in [0.3, 0.4) is 0 Å². The molecule has 0 saturated carbocycles. The molecule has 79 heavy (non-hydrogen) atoms. The molecule has 2 saturated heterocycles. The number of aliphatic hydroxyl groups is 2. The molecule has 6 aromatic rings. The van der Waals surface area contributed by atoms with Crippen molar-refractivity contribution in [3.8, 4) is 11.5 Å². The molecule has 0 spiro atoms. The van der Waals surface area contributed by atoms with E-state index in [-0.39, 0.29) is 47.6 Å². The van der Waals surface area contributed by atoms with Crippen molar-refractivity contribution in [2.24, 2.45) is 0 Å². The van der Waals surface area contributed by atoms with E-state index < -0.39 is 18.7 Å². The SMILES string of the molecule is CC(O)CCCC1CC(CCC2CC(CC(C)O)OC(c3ccccc3OC3=C(/C=C/C4=[N+](C)c5ccc6ccccc6c5C4(C)C)CCC/C3=C\C=C3/C(C)c4c(ccc5ccccc45)N3C)O2)OC(c2ccccc2O)O1. The van der Waals surface area contributed by atoms with Crippen molar-refractivity contribution in [2.45, 2.75) is 166 Å². The van der Waals surface area contributed by atoms with Crippen LogP contribution in [0.4, 0.5) is 11.4 Å². The van der Waals surface area contributed by atoms with E-state index in [9.17, 15) is 15.3 Å². The summed E-state index contributed by atoms with van der Waals surface area (Å²) in [5, 5.41) is 36.7. The third-order valence-corrected chi connectivity index (χ3v) is 17.3. The first kappa shape index (κ1) is 54.6. The first-order valence-electron chi connectivity index (χ1n) is 29.0. The number of ether oxygens (including phenoxy) is 5. The summed E-state index contributed by atoms with van der Waals surface area (Å²) in [4.78, 5) is 2.35. The van der Waals surface area contributed by atoms with Gasteiger partial charge in [0.15, 0.2) is 18.3 Å². The van der Waals surface area contributed by atoms with Gasteiger partial charge in [-0.2, -0.15) is 4.58 Å². The van der Waals surface area contributed by atoms with Crippen molar-refractivity contribution in [3.05, 3.63) is 190 Å². The van der Waals surface area contributed by atoms with Crippen LogP contribution in [0.2, 0.25) is 0 Å². The van der Waals surface area contributed by atoms with Gasteiger partial charge >= 0.3 is 0 Å². The van der Waals surface area contributed by atoms with Gasteiger partial charge in [0.1, 0.15) is 24.3 Å². The molecule has 10 nitrogen and oxygen atoms in total. The fourth-order valence-electron chi connectivity index (χ4n) is 13.3. The minimum atomic E-state index is -0.757. The smallest absolute Gasteiger partial charge is 0.210 e. The molecule has 0 radical (unpaired) electrons. The number of benzene rings is 6. The zero-order valence-corrected chi connectivity index (χ0v) is 47.1. The molecule has 9 unspecified atom stereocenters. The average Bonchev–Trinajstić information content (AvgIpc) is 4.04. The van der Waals surface area contributed by atoms with Crippen LogP contribution in [0.15, 0.2) is 168 Å². The number of likely N-dealkylation sites (N-methyl/N-ethyl adjacent to an activating group) is 1. The van der Waals surface area contributed by atoms with Gasteiger partial charge in [0, 0.05) is 60.5 Å². The zero-order chi connectivity index (χ0) is 55.0. The lowest BCUT2D eigenvalue weighted by atomic mass is 9.78. The lowest BCUT2D eigenvalue weighted by molar-refractivity contribution is -0.401. The second-order valence-electron chi connectivity index (χ2n) is 23.4. The van der Waals surface area contributed by atoms with E-state index in [1.165, 1.54) is 55.5 Å². The number of anilines is 1. The maximum Gasteiger partial charge on any atom is 0.210 e. The number of para-hydroxylation sites is 2. The Morgan fingerprint density at radius 1 is 0.696 bits per heavy atom. The Labute approximate surface area is 466 Å². The minimum absolute atomic E-state index is 0.0960. The predicted molar refractivity (Wildman–Crippen MR) is 315 cm³/mol. The molecule has 9 atom stereocenters. The van der Waals surface area contributed by atoms with Gasteiger partial charge in [-0.25, -0.2) is 0 Å². The van der Waals surface area contributed by atoms with Gasteiger partial charge in [-0.05, 0) is 160 Å². The summed E-state index contributed by atoms with van der Waals surface area (Å²) in [6, 6.07) is 41.7. The number of allylic oxidation sites excluding steroid dienone is 7. The van der Waals surface area contributed by atoms with Crippen LogP contribution in [-0.2, 0) is 24.4 Å². The van der Waals surface area contributed by atoms with Crippen LogP contribution in [-0.4, -0.2) is 76.3 Å². The number of phenolic OH excluding ortho intramolecular Hbond substituents is 1. The molecule has 0 bridgehead atoms. The number of phenols is 1. The van der Waals surface area contributed by atoms with Crippen molar-refractivity contribution in [1.82, 2.24) is 0 Å². The zero-order valence-electron chi connectivity index (χ0n) is 47.1. The molecule has 1 aliphatic carbocycles. The highest BCUT2D eigenvalue weighted by Gasteiger charge is 2.44. The average molecular weight is 1060 g/mol. The predicted octanol–water partition coefficient (Wildman–Crippen LogP) is 15.0. The number of hydrogen-bond acceptors (Lipinski definition) is 9. The Kier molecular flexibility index (Phi) is 16.2. The Morgan fingerprint density at radius 2 is 1.32 bits per heavy atom. The van der Waals surface area contributed by atoms with E-state index in [1.54, 1.807) is 12.1 Å². The number of aliphatic hydroxyl groups excluding tert-OH is 2. The second kappa shape index (κ2) is 23.4. The van der Waals surface area contributed by atoms with E-state index in [4.69, 9.17) is 23.7 Å². The highest BCUT2D eigenvalue weighted by atomic mass is 16.7. The van der Waals surface area contributed by atoms with Gasteiger partial charge in [-0.3, -0.25) is 0 Å². The highest BCUT2D eigenvalue weighted by Crippen LogP contribution is 2.48. The molecule has 4 heterocycles. The molecule has 0 amide bonds. The summed E-state index contributed by atoms with van der Waals surface area (Å²) < 4.78 is 36.7. The standard InChI is InChI=1S/C69H78N2O8/c1-43(72)18-16-23-50-41-51(76-67(75-50)56-26-12-14-28-61(56)74)34-35-52-42-53(40-44(2)73)78-68(77-52)57-27-13-15-29-62(57)79-66-48(32-36-58-45(3)64-54-24-10-8-19-46(54)30-37-59(64)70(58)6)21-17-22-49(66)33-39-63-69(4,5)65-55-25-11-9-20-47(55)31-38-60(65)71(63)7/h8-15,19-20,24-33,36-39,43-45,50-53,67-68,72-73H,16-18,21-23,34-35,40-42H2,1-7H3/p+1. The Balaban J connectivity index is 0.914. The summed E-state index contributed by atoms with van der Waals surface area (Å²) in [5.74, 6) is 1.84. The molecular formula is C69H79N2O8+. The number of nitrogens with zero attached hydrogens (tertiary/aromatic N) is 2. The fraction of sp³-hybridized carbons (Fsp3) is 0.406. The van der Waals surface area contributed by atoms with E-state index in [2.05, 4.69) is 141 Å². The summed E-state index contributed by atoms with van der Waals surface area (Å²) in [6.07, 6.45) is 14.2. The Hall–Kier alpha value is -6.37. The minimum Gasteiger partial charge on any atom is -0.507 e. The van der Waals surface area contributed by atoms with Crippen molar-refractivity contribution in [3.63, 3.8) is 0 Å². The van der Waals surface area contributed by atoms with Crippen molar-refractivity contribution >= 4 is 38.6 Å². The monoisotopic (exact) mass is 1060 g/mol. The van der Waals surface area contributed by atoms with Gasteiger partial charge in [0.05, 0.1) is 47.6 Å². The van der Waals surface area contributed by atoms with Gasteiger partial charge in [-0.15, -0.1) is 0 Å². The van der Waals surface area contributed by atoms with Crippen molar-refractivity contribution < 1.29 is 43.6 Å². The molecule has 0 aromatic heterocycles. The Bertz CT molecular complexity index is 3370. The van der Waals surface area contributed by atoms with Crippen LogP contribution < -0.4 is 9.64 Å². The van der Waals surface area contributed by atoms with Crippen molar-refractivity contribution in [1.29, 1.82) is 0 Å².